The molecule has 27 heavy (non-hydrogen) atoms. The van der Waals surface area contributed by atoms with Crippen molar-refractivity contribution < 1.29 is 18.7 Å². The number of hydrogen-bond donors (Lipinski definition) is 0. The molecule has 0 aliphatic heterocycles. The van der Waals surface area contributed by atoms with Crippen LogP contribution in [0.4, 0.5) is 0 Å². The van der Waals surface area contributed by atoms with E-state index in [4.69, 9.17) is 13.9 Å². The first-order valence-corrected chi connectivity index (χ1v) is 9.16. The summed E-state index contributed by atoms with van der Waals surface area (Å²) in [5, 5.41) is 1.79. The number of methoxy groups -OCH3 is 2. The zero-order valence-electron chi connectivity index (χ0n) is 16.2. The maximum Gasteiger partial charge on any atom is 0.344 e. The lowest BCUT2D eigenvalue weighted by Gasteiger charge is -2.12. The van der Waals surface area contributed by atoms with Gasteiger partial charge < -0.3 is 13.9 Å². The fraction of sp³-hybridized carbons (Fsp3) is 0.364. The molecule has 0 saturated heterocycles. The van der Waals surface area contributed by atoms with Crippen molar-refractivity contribution in [3.05, 3.63) is 51.4 Å². The van der Waals surface area contributed by atoms with Crippen LogP contribution in [0, 0.1) is 6.92 Å². The van der Waals surface area contributed by atoms with Crippen LogP contribution >= 0.6 is 0 Å². The summed E-state index contributed by atoms with van der Waals surface area (Å²) in [4.78, 5) is 24.5. The predicted molar refractivity (Wildman–Crippen MR) is 106 cm³/mol. The van der Waals surface area contributed by atoms with Crippen molar-refractivity contribution in [2.24, 2.45) is 0 Å². The van der Waals surface area contributed by atoms with Gasteiger partial charge in [-0.15, -0.1) is 0 Å². The lowest BCUT2D eigenvalue weighted by Crippen LogP contribution is -2.08. The van der Waals surface area contributed by atoms with Gasteiger partial charge in [0.05, 0.1) is 30.6 Å². The van der Waals surface area contributed by atoms with Crippen molar-refractivity contribution in [3.63, 3.8) is 0 Å². The van der Waals surface area contributed by atoms with Crippen LogP contribution < -0.4 is 10.4 Å². The molecular formula is C22H24O5. The number of unbranched alkanes of at least 4 members (excludes halogenated alkanes) is 2. The Morgan fingerprint density at radius 2 is 1.85 bits per heavy atom. The summed E-state index contributed by atoms with van der Waals surface area (Å²) in [7, 11) is 2.93. The molecule has 0 unspecified atom stereocenters. The molecule has 0 fully saturated rings. The molecule has 0 aliphatic carbocycles. The Balaban J connectivity index is 2.28. The molecule has 5 nitrogen and oxygen atoms in total. The van der Waals surface area contributed by atoms with Crippen molar-refractivity contribution in [3.8, 4) is 5.75 Å². The second-order valence-corrected chi connectivity index (χ2v) is 6.72. The van der Waals surface area contributed by atoms with Crippen LogP contribution in [-0.2, 0) is 11.2 Å². The van der Waals surface area contributed by atoms with Gasteiger partial charge in [0.2, 0.25) is 0 Å². The zero-order chi connectivity index (χ0) is 19.6. The van der Waals surface area contributed by atoms with Gasteiger partial charge in [0.1, 0.15) is 11.3 Å². The molecule has 3 rings (SSSR count). The second-order valence-electron chi connectivity index (χ2n) is 6.72. The van der Waals surface area contributed by atoms with Crippen LogP contribution in [0.25, 0.3) is 21.7 Å². The van der Waals surface area contributed by atoms with Gasteiger partial charge in [-0.2, -0.15) is 0 Å². The van der Waals surface area contributed by atoms with E-state index in [0.29, 0.717) is 27.7 Å². The zero-order valence-corrected chi connectivity index (χ0v) is 16.2. The SMILES string of the molecule is CCCCCc1cc(OC)c2c(c1)oc(=O)c1cc(C(=O)OC)c(C)cc12. The van der Waals surface area contributed by atoms with Gasteiger partial charge in [-0.3, -0.25) is 0 Å². The molecule has 0 bridgehead atoms. The first-order valence-electron chi connectivity index (χ1n) is 9.16. The van der Waals surface area contributed by atoms with Gasteiger partial charge in [-0.1, -0.05) is 19.8 Å². The Morgan fingerprint density at radius 1 is 1.07 bits per heavy atom. The molecular weight excluding hydrogens is 344 g/mol. The number of carbonyl (C=O) groups is 1. The smallest absolute Gasteiger partial charge is 0.344 e. The fourth-order valence-corrected chi connectivity index (χ4v) is 3.44. The van der Waals surface area contributed by atoms with Gasteiger partial charge in [0.25, 0.3) is 0 Å². The minimum absolute atomic E-state index is 0.338. The van der Waals surface area contributed by atoms with E-state index in [1.165, 1.54) is 13.2 Å². The quantitative estimate of drug-likeness (QED) is 0.271. The number of rotatable bonds is 6. The third-order valence-corrected chi connectivity index (χ3v) is 4.88. The molecule has 142 valence electrons. The van der Waals surface area contributed by atoms with Gasteiger partial charge in [0, 0.05) is 5.39 Å². The van der Waals surface area contributed by atoms with E-state index in [-0.39, 0.29) is 0 Å². The third kappa shape index (κ3) is 3.54. The van der Waals surface area contributed by atoms with Crippen LogP contribution in [0.15, 0.2) is 33.5 Å². The number of benzene rings is 2. The summed E-state index contributed by atoms with van der Waals surface area (Å²) in [6, 6.07) is 7.27. The minimum Gasteiger partial charge on any atom is -0.496 e. The van der Waals surface area contributed by atoms with E-state index in [0.717, 1.165) is 42.2 Å². The van der Waals surface area contributed by atoms with Crippen molar-refractivity contribution in [1.29, 1.82) is 0 Å². The van der Waals surface area contributed by atoms with Crippen molar-refractivity contribution >= 4 is 27.7 Å². The summed E-state index contributed by atoms with van der Waals surface area (Å²) in [6.45, 7) is 3.98. The molecule has 2 aromatic carbocycles. The lowest BCUT2D eigenvalue weighted by atomic mass is 9.98. The Kier molecular flexibility index (Phi) is 5.49. The summed E-state index contributed by atoms with van der Waals surface area (Å²) >= 11 is 0. The number of hydrogen-bond acceptors (Lipinski definition) is 5. The number of aryl methyl sites for hydroxylation is 2. The number of esters is 1. The molecule has 0 saturated carbocycles. The Morgan fingerprint density at radius 3 is 2.52 bits per heavy atom. The summed E-state index contributed by atoms with van der Waals surface area (Å²) < 4.78 is 16.0. The molecule has 0 amide bonds. The molecule has 1 aromatic heterocycles. The molecule has 0 spiro atoms. The molecule has 0 aliphatic rings. The Hall–Kier alpha value is -2.82. The molecule has 0 radical (unpaired) electrons. The molecule has 0 atom stereocenters. The van der Waals surface area contributed by atoms with E-state index in [9.17, 15) is 9.59 Å². The van der Waals surface area contributed by atoms with Crippen LogP contribution in [0.2, 0.25) is 0 Å². The number of fused-ring (bicyclic) bond motifs is 3. The van der Waals surface area contributed by atoms with Crippen molar-refractivity contribution in [2.75, 3.05) is 14.2 Å². The molecule has 1 heterocycles. The number of carbonyl (C=O) groups excluding carboxylic acids is 1. The monoisotopic (exact) mass is 368 g/mol. The average Bonchev–Trinajstić information content (AvgIpc) is 2.66. The second kappa shape index (κ2) is 7.82. The summed E-state index contributed by atoms with van der Waals surface area (Å²) in [5.74, 6) is 0.185. The molecule has 3 aromatic rings. The molecule has 0 N–H and O–H groups in total. The number of ether oxygens (including phenoxy) is 2. The molecule has 5 heteroatoms. The predicted octanol–water partition coefficient (Wildman–Crippen LogP) is 4.78. The van der Waals surface area contributed by atoms with E-state index >= 15 is 0 Å². The van der Waals surface area contributed by atoms with Gasteiger partial charge in [0.15, 0.2) is 0 Å². The van der Waals surface area contributed by atoms with Gasteiger partial charge >= 0.3 is 11.6 Å². The highest BCUT2D eigenvalue weighted by Crippen LogP contribution is 2.34. The van der Waals surface area contributed by atoms with Crippen LogP contribution in [-0.4, -0.2) is 20.2 Å². The van der Waals surface area contributed by atoms with Gasteiger partial charge in [-0.05, 0) is 55.2 Å². The van der Waals surface area contributed by atoms with Crippen molar-refractivity contribution in [2.45, 2.75) is 39.5 Å². The Labute approximate surface area is 157 Å². The summed E-state index contributed by atoms with van der Waals surface area (Å²) in [6.07, 6.45) is 4.27. The van der Waals surface area contributed by atoms with Gasteiger partial charge in [-0.25, -0.2) is 9.59 Å². The van der Waals surface area contributed by atoms with Crippen LogP contribution in [0.3, 0.4) is 0 Å². The van der Waals surface area contributed by atoms with Crippen molar-refractivity contribution in [1.82, 2.24) is 0 Å². The topological polar surface area (TPSA) is 65.7 Å². The van der Waals surface area contributed by atoms with E-state index in [1.54, 1.807) is 7.11 Å². The fourth-order valence-electron chi connectivity index (χ4n) is 3.44. The Bertz CT molecular complexity index is 1060. The minimum atomic E-state index is -0.480. The first-order chi connectivity index (χ1) is 13.0. The highest BCUT2D eigenvalue weighted by Gasteiger charge is 2.18. The lowest BCUT2D eigenvalue weighted by molar-refractivity contribution is 0.0600. The highest BCUT2D eigenvalue weighted by molar-refractivity contribution is 6.10. The van der Waals surface area contributed by atoms with E-state index in [1.807, 2.05) is 25.1 Å². The normalized spacial score (nSPS) is 11.1. The highest BCUT2D eigenvalue weighted by atomic mass is 16.5. The first kappa shape index (κ1) is 19.0. The maximum absolute atomic E-state index is 12.6. The standard InChI is InChI=1S/C22H24O5/c1-5-6-7-8-14-10-18(25-3)20-16-9-13(2)15(21(23)26-4)12-17(16)22(24)27-19(20)11-14/h9-12H,5-8H2,1-4H3. The summed E-state index contributed by atoms with van der Waals surface area (Å²) in [5.41, 5.74) is 2.19. The van der Waals surface area contributed by atoms with E-state index in [2.05, 4.69) is 6.92 Å². The third-order valence-electron chi connectivity index (χ3n) is 4.88. The average molecular weight is 368 g/mol. The maximum atomic E-state index is 12.6. The van der Waals surface area contributed by atoms with Crippen LogP contribution in [0.5, 0.6) is 5.75 Å². The largest absolute Gasteiger partial charge is 0.496 e. The van der Waals surface area contributed by atoms with Crippen LogP contribution in [0.1, 0.15) is 47.7 Å². The van der Waals surface area contributed by atoms with E-state index < -0.39 is 11.6 Å².